The van der Waals surface area contributed by atoms with E-state index in [9.17, 15) is 4.39 Å². The molecule has 4 heteroatoms. The molecule has 2 aromatic carbocycles. The van der Waals surface area contributed by atoms with Crippen molar-refractivity contribution in [3.63, 3.8) is 0 Å². The maximum Gasteiger partial charge on any atom is 0.128 e. The van der Waals surface area contributed by atoms with Crippen molar-refractivity contribution in [1.82, 2.24) is 9.55 Å². The zero-order valence-electron chi connectivity index (χ0n) is 12.6. The first-order valence-corrected chi connectivity index (χ1v) is 7.49. The molecule has 3 rings (SSSR count). The Morgan fingerprint density at radius 1 is 1.18 bits per heavy atom. The molecule has 0 aliphatic carbocycles. The van der Waals surface area contributed by atoms with Crippen molar-refractivity contribution in [2.75, 3.05) is 6.61 Å². The number of aliphatic hydroxyl groups is 1. The highest BCUT2D eigenvalue weighted by Gasteiger charge is 2.12. The van der Waals surface area contributed by atoms with Crippen molar-refractivity contribution in [3.8, 4) is 0 Å². The van der Waals surface area contributed by atoms with Gasteiger partial charge < -0.3 is 9.67 Å². The summed E-state index contributed by atoms with van der Waals surface area (Å²) in [5.74, 6) is 0.683. The number of hydrogen-bond acceptors (Lipinski definition) is 2. The summed E-state index contributed by atoms with van der Waals surface area (Å²) in [5.41, 5.74) is 3.72. The molecular weight excluding hydrogens is 279 g/mol. The Morgan fingerprint density at radius 2 is 2.00 bits per heavy atom. The summed E-state index contributed by atoms with van der Waals surface area (Å²) in [6, 6.07) is 12.9. The van der Waals surface area contributed by atoms with Crippen LogP contribution in [0.15, 0.2) is 42.5 Å². The molecule has 0 aliphatic rings. The van der Waals surface area contributed by atoms with Crippen molar-refractivity contribution in [2.24, 2.45) is 0 Å². The van der Waals surface area contributed by atoms with E-state index in [4.69, 9.17) is 5.11 Å². The van der Waals surface area contributed by atoms with Gasteiger partial charge in [-0.25, -0.2) is 9.37 Å². The zero-order valence-corrected chi connectivity index (χ0v) is 12.6. The van der Waals surface area contributed by atoms with Crippen LogP contribution in [-0.4, -0.2) is 21.3 Å². The van der Waals surface area contributed by atoms with Gasteiger partial charge >= 0.3 is 0 Å². The average Bonchev–Trinajstić information content (AvgIpc) is 2.84. The second kappa shape index (κ2) is 6.28. The lowest BCUT2D eigenvalue weighted by atomic mass is 10.2. The highest BCUT2D eigenvalue weighted by Crippen LogP contribution is 2.21. The Hall–Kier alpha value is -2.20. The molecule has 0 unspecified atom stereocenters. The van der Waals surface area contributed by atoms with Crippen LogP contribution in [0.3, 0.4) is 0 Å². The third kappa shape index (κ3) is 2.88. The SMILES string of the molecule is Cc1ccc2c(c1)nc(CCCO)n2Cc1ccccc1F. The fourth-order valence-electron chi connectivity index (χ4n) is 2.69. The molecule has 3 nitrogen and oxygen atoms in total. The second-order valence-electron chi connectivity index (χ2n) is 5.52. The minimum Gasteiger partial charge on any atom is -0.396 e. The maximum absolute atomic E-state index is 14.0. The standard InChI is InChI=1S/C18H19FN2O/c1-13-8-9-17-16(11-13)20-18(7-4-10-22)21(17)12-14-5-2-3-6-15(14)19/h2-3,5-6,8-9,11,22H,4,7,10,12H2,1H3. The molecule has 114 valence electrons. The van der Waals surface area contributed by atoms with E-state index >= 15 is 0 Å². The Kier molecular flexibility index (Phi) is 4.20. The first-order chi connectivity index (χ1) is 10.7. The molecular formula is C18H19FN2O. The van der Waals surface area contributed by atoms with Crippen LogP contribution < -0.4 is 0 Å². The number of hydrogen-bond donors (Lipinski definition) is 1. The number of nitrogens with zero attached hydrogens (tertiary/aromatic N) is 2. The lowest BCUT2D eigenvalue weighted by Gasteiger charge is -2.10. The van der Waals surface area contributed by atoms with Gasteiger partial charge in [-0.15, -0.1) is 0 Å². The summed E-state index contributed by atoms with van der Waals surface area (Å²) in [5, 5.41) is 9.07. The number of aryl methyl sites for hydroxylation is 2. The molecule has 1 heterocycles. The van der Waals surface area contributed by atoms with Crippen molar-refractivity contribution < 1.29 is 9.50 Å². The van der Waals surface area contributed by atoms with Gasteiger partial charge in [0.1, 0.15) is 11.6 Å². The summed E-state index contributed by atoms with van der Waals surface area (Å²) in [6.07, 6.45) is 1.33. The molecule has 0 radical (unpaired) electrons. The Morgan fingerprint density at radius 3 is 2.77 bits per heavy atom. The summed E-state index contributed by atoms with van der Waals surface area (Å²) in [6.45, 7) is 2.61. The predicted molar refractivity (Wildman–Crippen MR) is 85.4 cm³/mol. The monoisotopic (exact) mass is 298 g/mol. The van der Waals surface area contributed by atoms with E-state index in [1.165, 1.54) is 6.07 Å². The van der Waals surface area contributed by atoms with Gasteiger partial charge in [0.15, 0.2) is 0 Å². The lowest BCUT2D eigenvalue weighted by Crippen LogP contribution is -2.07. The van der Waals surface area contributed by atoms with Gasteiger partial charge in [0, 0.05) is 18.6 Å². The van der Waals surface area contributed by atoms with Crippen LogP contribution in [0.1, 0.15) is 23.4 Å². The largest absolute Gasteiger partial charge is 0.396 e. The van der Waals surface area contributed by atoms with E-state index in [0.717, 1.165) is 22.4 Å². The van der Waals surface area contributed by atoms with Gasteiger partial charge in [-0.2, -0.15) is 0 Å². The van der Waals surface area contributed by atoms with Gasteiger partial charge in [0.25, 0.3) is 0 Å². The molecule has 0 bridgehead atoms. The van der Waals surface area contributed by atoms with Crippen LogP contribution in [0.4, 0.5) is 4.39 Å². The van der Waals surface area contributed by atoms with Crippen molar-refractivity contribution in [3.05, 3.63) is 65.2 Å². The molecule has 1 N–H and O–H groups in total. The average molecular weight is 298 g/mol. The van der Waals surface area contributed by atoms with Crippen LogP contribution >= 0.6 is 0 Å². The van der Waals surface area contributed by atoms with Crippen molar-refractivity contribution >= 4 is 11.0 Å². The van der Waals surface area contributed by atoms with Crippen LogP contribution in [0.5, 0.6) is 0 Å². The van der Waals surface area contributed by atoms with Gasteiger partial charge in [0.2, 0.25) is 0 Å². The number of aliphatic hydroxyl groups excluding tert-OH is 1. The van der Waals surface area contributed by atoms with Crippen LogP contribution in [0.25, 0.3) is 11.0 Å². The molecule has 3 aromatic rings. The highest BCUT2D eigenvalue weighted by molar-refractivity contribution is 5.77. The number of halogens is 1. The summed E-state index contributed by atoms with van der Waals surface area (Å²) in [4.78, 5) is 4.67. The van der Waals surface area contributed by atoms with E-state index < -0.39 is 0 Å². The molecule has 0 fully saturated rings. The van der Waals surface area contributed by atoms with Crippen molar-refractivity contribution in [2.45, 2.75) is 26.3 Å². The van der Waals surface area contributed by atoms with Gasteiger partial charge in [-0.1, -0.05) is 24.3 Å². The van der Waals surface area contributed by atoms with Crippen molar-refractivity contribution in [1.29, 1.82) is 0 Å². The fraction of sp³-hybridized carbons (Fsp3) is 0.278. The molecule has 0 saturated heterocycles. The minimum absolute atomic E-state index is 0.127. The van der Waals surface area contributed by atoms with E-state index in [2.05, 4.69) is 4.98 Å². The first kappa shape index (κ1) is 14.7. The second-order valence-corrected chi connectivity index (χ2v) is 5.52. The molecule has 22 heavy (non-hydrogen) atoms. The topological polar surface area (TPSA) is 38.1 Å². The van der Waals surface area contributed by atoms with E-state index in [0.29, 0.717) is 24.9 Å². The zero-order chi connectivity index (χ0) is 15.5. The van der Waals surface area contributed by atoms with Crippen LogP contribution in [0, 0.1) is 12.7 Å². The van der Waals surface area contributed by atoms with Gasteiger partial charge in [-0.3, -0.25) is 0 Å². The van der Waals surface area contributed by atoms with Gasteiger partial charge in [-0.05, 0) is 37.1 Å². The van der Waals surface area contributed by atoms with E-state index in [1.807, 2.05) is 35.8 Å². The van der Waals surface area contributed by atoms with Gasteiger partial charge in [0.05, 0.1) is 17.6 Å². The molecule has 1 aromatic heterocycles. The predicted octanol–water partition coefficient (Wildman–Crippen LogP) is 3.46. The smallest absolute Gasteiger partial charge is 0.128 e. The number of rotatable bonds is 5. The Bertz CT molecular complexity index is 795. The Labute approximate surface area is 129 Å². The third-order valence-corrected chi connectivity index (χ3v) is 3.83. The lowest BCUT2D eigenvalue weighted by molar-refractivity contribution is 0.287. The highest BCUT2D eigenvalue weighted by atomic mass is 19.1. The minimum atomic E-state index is -0.204. The van der Waals surface area contributed by atoms with Crippen LogP contribution in [0.2, 0.25) is 0 Å². The fourth-order valence-corrected chi connectivity index (χ4v) is 2.69. The first-order valence-electron chi connectivity index (χ1n) is 7.49. The van der Waals surface area contributed by atoms with E-state index in [-0.39, 0.29) is 12.4 Å². The quantitative estimate of drug-likeness (QED) is 0.783. The number of fused-ring (bicyclic) bond motifs is 1. The summed E-state index contributed by atoms with van der Waals surface area (Å²) >= 11 is 0. The normalized spacial score (nSPS) is 11.2. The van der Waals surface area contributed by atoms with Crippen LogP contribution in [-0.2, 0) is 13.0 Å². The number of aromatic nitrogens is 2. The molecule has 0 atom stereocenters. The maximum atomic E-state index is 14.0. The number of benzene rings is 2. The number of imidazole rings is 1. The summed E-state index contributed by atoms with van der Waals surface area (Å²) in [7, 11) is 0. The summed E-state index contributed by atoms with van der Waals surface area (Å²) < 4.78 is 16.0. The molecule has 0 spiro atoms. The molecule has 0 saturated carbocycles. The molecule has 0 aliphatic heterocycles. The molecule has 0 amide bonds. The van der Waals surface area contributed by atoms with E-state index in [1.54, 1.807) is 12.1 Å². The third-order valence-electron chi connectivity index (χ3n) is 3.83. The Balaban J connectivity index is 2.07.